The number of nitrogen functional groups attached to an aromatic ring is 1. The molecule has 2 aromatic rings. The molecule has 4 nitrogen and oxygen atoms in total. The highest BCUT2D eigenvalue weighted by atomic mass is 79.9. The largest absolute Gasteiger partial charge is 0.398 e. The lowest BCUT2D eigenvalue weighted by molar-refractivity contribution is 0.581. The third-order valence-electron chi connectivity index (χ3n) is 2.56. The van der Waals surface area contributed by atoms with Crippen molar-refractivity contribution in [2.24, 2.45) is 0 Å². The van der Waals surface area contributed by atoms with Gasteiger partial charge in [-0.15, -0.1) is 0 Å². The van der Waals surface area contributed by atoms with Crippen molar-refractivity contribution in [3.05, 3.63) is 45.1 Å². The Morgan fingerprint density at radius 3 is 2.74 bits per heavy atom. The van der Waals surface area contributed by atoms with E-state index in [4.69, 9.17) is 5.73 Å². The monoisotopic (exact) mass is 360 g/mol. The first kappa shape index (κ1) is 14.5. The van der Waals surface area contributed by atoms with Crippen LogP contribution in [0.15, 0.2) is 44.4 Å². The summed E-state index contributed by atoms with van der Waals surface area (Å²) in [4.78, 5) is 0.179. The average Bonchev–Trinajstić information content (AvgIpc) is 2.85. The van der Waals surface area contributed by atoms with Gasteiger partial charge in [0.25, 0.3) is 0 Å². The second-order valence-electron chi connectivity index (χ2n) is 3.96. The van der Waals surface area contributed by atoms with Crippen LogP contribution < -0.4 is 10.5 Å². The molecule has 2 rings (SSSR count). The van der Waals surface area contributed by atoms with Gasteiger partial charge in [0.2, 0.25) is 10.0 Å². The predicted molar refractivity (Wildman–Crippen MR) is 81.8 cm³/mol. The molecule has 1 aromatic carbocycles. The second-order valence-corrected chi connectivity index (χ2v) is 7.36. The molecular formula is C12H13BrN2O2S2. The Morgan fingerprint density at radius 1 is 1.32 bits per heavy atom. The number of hydrogen-bond donors (Lipinski definition) is 2. The van der Waals surface area contributed by atoms with Gasteiger partial charge in [-0.05, 0) is 62.9 Å². The number of anilines is 1. The molecule has 0 aliphatic rings. The molecule has 0 radical (unpaired) electrons. The summed E-state index contributed by atoms with van der Waals surface area (Å²) in [7, 11) is -3.50. The molecule has 1 aromatic heterocycles. The number of nitrogens with two attached hydrogens (primary N) is 1. The Morgan fingerprint density at radius 2 is 2.11 bits per heavy atom. The molecule has 7 heteroatoms. The van der Waals surface area contributed by atoms with Gasteiger partial charge in [-0.25, -0.2) is 13.1 Å². The molecule has 1 heterocycles. The Labute approximate surface area is 124 Å². The molecule has 0 fully saturated rings. The standard InChI is InChI=1S/C12H13BrN2O2S2/c13-11-2-1-10(7-12(11)14)19(16,17)15-5-3-9-4-6-18-8-9/h1-2,4,6-8,15H,3,5,14H2. The Balaban J connectivity index is 2.03. The smallest absolute Gasteiger partial charge is 0.240 e. The van der Waals surface area contributed by atoms with Gasteiger partial charge >= 0.3 is 0 Å². The molecule has 102 valence electrons. The van der Waals surface area contributed by atoms with E-state index in [0.29, 0.717) is 23.1 Å². The van der Waals surface area contributed by atoms with Crippen molar-refractivity contribution in [2.75, 3.05) is 12.3 Å². The van der Waals surface area contributed by atoms with Crippen molar-refractivity contribution < 1.29 is 8.42 Å². The number of sulfonamides is 1. The normalized spacial score (nSPS) is 11.6. The zero-order valence-electron chi connectivity index (χ0n) is 9.97. The van der Waals surface area contributed by atoms with Crippen LogP contribution in [-0.4, -0.2) is 15.0 Å². The second kappa shape index (κ2) is 6.04. The topological polar surface area (TPSA) is 72.2 Å². The quantitative estimate of drug-likeness (QED) is 0.805. The van der Waals surface area contributed by atoms with Gasteiger partial charge in [0.15, 0.2) is 0 Å². The minimum absolute atomic E-state index is 0.179. The summed E-state index contributed by atoms with van der Waals surface area (Å²) in [6, 6.07) is 6.57. The fourth-order valence-corrected chi connectivity index (χ4v) is 3.55. The number of halogens is 1. The van der Waals surface area contributed by atoms with Gasteiger partial charge in [0.1, 0.15) is 0 Å². The number of rotatable bonds is 5. The number of hydrogen-bond acceptors (Lipinski definition) is 4. The van der Waals surface area contributed by atoms with E-state index in [0.717, 1.165) is 5.56 Å². The fourth-order valence-electron chi connectivity index (χ4n) is 1.54. The minimum atomic E-state index is -3.50. The highest BCUT2D eigenvalue weighted by Crippen LogP contribution is 2.22. The van der Waals surface area contributed by atoms with Crippen LogP contribution in [0.3, 0.4) is 0 Å². The van der Waals surface area contributed by atoms with E-state index >= 15 is 0 Å². The molecule has 0 aliphatic carbocycles. The van der Waals surface area contributed by atoms with Crippen LogP contribution in [0.25, 0.3) is 0 Å². The highest BCUT2D eigenvalue weighted by Gasteiger charge is 2.14. The maximum Gasteiger partial charge on any atom is 0.240 e. The van der Waals surface area contributed by atoms with Gasteiger partial charge in [0.05, 0.1) is 4.90 Å². The van der Waals surface area contributed by atoms with E-state index in [1.807, 2.05) is 16.8 Å². The maximum absolute atomic E-state index is 12.0. The molecule has 0 unspecified atom stereocenters. The Hall–Kier alpha value is -0.890. The first-order chi connectivity index (χ1) is 8.99. The molecule has 0 saturated heterocycles. The third-order valence-corrected chi connectivity index (χ3v) is 5.48. The summed E-state index contributed by atoms with van der Waals surface area (Å²) >= 11 is 4.83. The van der Waals surface area contributed by atoms with Gasteiger partial charge < -0.3 is 5.73 Å². The van der Waals surface area contributed by atoms with E-state index in [9.17, 15) is 8.42 Å². The average molecular weight is 361 g/mol. The summed E-state index contributed by atoms with van der Waals surface area (Å²) in [6.07, 6.45) is 0.675. The number of thiophene rings is 1. The van der Waals surface area contributed by atoms with Crippen LogP contribution in [0.2, 0.25) is 0 Å². The van der Waals surface area contributed by atoms with Gasteiger partial charge in [0, 0.05) is 16.7 Å². The SMILES string of the molecule is Nc1cc(S(=O)(=O)NCCc2ccsc2)ccc1Br. The van der Waals surface area contributed by atoms with Crippen molar-refractivity contribution >= 4 is 43.0 Å². The predicted octanol–water partition coefficient (Wildman–Crippen LogP) is 2.61. The van der Waals surface area contributed by atoms with Crippen molar-refractivity contribution in [3.8, 4) is 0 Å². The Bertz CT molecular complexity index is 654. The molecule has 0 amide bonds. The fraction of sp³-hybridized carbons (Fsp3) is 0.167. The Kier molecular flexibility index (Phi) is 4.62. The molecular weight excluding hydrogens is 348 g/mol. The maximum atomic E-state index is 12.0. The van der Waals surface area contributed by atoms with Crippen LogP contribution in [0.5, 0.6) is 0 Å². The van der Waals surface area contributed by atoms with Crippen molar-refractivity contribution in [1.29, 1.82) is 0 Å². The van der Waals surface area contributed by atoms with E-state index in [1.165, 1.54) is 12.1 Å². The third kappa shape index (κ3) is 3.79. The molecule has 19 heavy (non-hydrogen) atoms. The van der Waals surface area contributed by atoms with E-state index in [-0.39, 0.29) is 4.90 Å². The van der Waals surface area contributed by atoms with Crippen LogP contribution in [-0.2, 0) is 16.4 Å². The lowest BCUT2D eigenvalue weighted by atomic mass is 10.2. The van der Waals surface area contributed by atoms with Gasteiger partial charge in [-0.3, -0.25) is 0 Å². The van der Waals surface area contributed by atoms with Crippen molar-refractivity contribution in [2.45, 2.75) is 11.3 Å². The van der Waals surface area contributed by atoms with E-state index in [1.54, 1.807) is 17.4 Å². The minimum Gasteiger partial charge on any atom is -0.398 e. The summed E-state index contributed by atoms with van der Waals surface area (Å²) in [6.45, 7) is 0.370. The molecule has 0 spiro atoms. The first-order valence-electron chi connectivity index (χ1n) is 5.55. The van der Waals surface area contributed by atoms with Crippen LogP contribution in [0.4, 0.5) is 5.69 Å². The van der Waals surface area contributed by atoms with E-state index < -0.39 is 10.0 Å². The molecule has 0 atom stereocenters. The van der Waals surface area contributed by atoms with Crippen molar-refractivity contribution in [3.63, 3.8) is 0 Å². The van der Waals surface area contributed by atoms with E-state index in [2.05, 4.69) is 20.7 Å². The van der Waals surface area contributed by atoms with Crippen molar-refractivity contribution in [1.82, 2.24) is 4.72 Å². The summed E-state index contributed by atoms with van der Waals surface area (Å²) in [5.41, 5.74) is 7.22. The first-order valence-corrected chi connectivity index (χ1v) is 8.77. The molecule has 0 aliphatic heterocycles. The lowest BCUT2D eigenvalue weighted by Gasteiger charge is -2.07. The van der Waals surface area contributed by atoms with Gasteiger partial charge in [-0.2, -0.15) is 11.3 Å². The molecule has 0 bridgehead atoms. The summed E-state index contributed by atoms with van der Waals surface area (Å²) < 4.78 is 27.3. The lowest BCUT2D eigenvalue weighted by Crippen LogP contribution is -2.26. The van der Waals surface area contributed by atoms with Crippen LogP contribution >= 0.6 is 27.3 Å². The van der Waals surface area contributed by atoms with Crippen LogP contribution in [0, 0.1) is 0 Å². The van der Waals surface area contributed by atoms with Gasteiger partial charge in [-0.1, -0.05) is 0 Å². The van der Waals surface area contributed by atoms with Crippen LogP contribution in [0.1, 0.15) is 5.56 Å². The molecule has 0 saturated carbocycles. The highest BCUT2D eigenvalue weighted by molar-refractivity contribution is 9.10. The summed E-state index contributed by atoms with van der Waals surface area (Å²) in [5, 5.41) is 3.98. The molecule has 3 N–H and O–H groups in total. The number of benzene rings is 1. The zero-order valence-corrected chi connectivity index (χ0v) is 13.2. The number of nitrogens with one attached hydrogen (secondary N) is 1. The summed E-state index contributed by atoms with van der Waals surface area (Å²) in [5.74, 6) is 0. The zero-order chi connectivity index (χ0) is 13.9.